The summed E-state index contributed by atoms with van der Waals surface area (Å²) in [5.41, 5.74) is -0.0608. The summed E-state index contributed by atoms with van der Waals surface area (Å²) in [5.74, 6) is 0. The van der Waals surface area contributed by atoms with Crippen LogP contribution in [0.4, 0.5) is 0 Å². The Morgan fingerprint density at radius 3 is 2.48 bits per heavy atom. The van der Waals surface area contributed by atoms with Crippen LogP contribution in [0.25, 0.3) is 11.2 Å². The first-order valence-corrected chi connectivity index (χ1v) is 7.46. The Balaban J connectivity index is 0.000000433. The van der Waals surface area contributed by atoms with Gasteiger partial charge in [0.1, 0.15) is 18.3 Å². The van der Waals surface area contributed by atoms with Crippen molar-refractivity contribution in [3.05, 3.63) is 23.0 Å². The zero-order valence-corrected chi connectivity index (χ0v) is 12.4. The summed E-state index contributed by atoms with van der Waals surface area (Å²) in [6, 6.07) is 0. The summed E-state index contributed by atoms with van der Waals surface area (Å²) in [4.78, 5) is 43.4. The molecule has 1 fully saturated rings. The van der Waals surface area contributed by atoms with Crippen molar-refractivity contribution in [3.8, 4) is 0 Å². The summed E-state index contributed by atoms with van der Waals surface area (Å²) in [7, 11) is -2.62. The molecule has 128 valence electrons. The summed E-state index contributed by atoms with van der Waals surface area (Å²) in [5, 5.41) is 28.6. The van der Waals surface area contributed by atoms with E-state index in [1.807, 2.05) is 0 Å². The molecule has 0 bridgehead atoms. The zero-order chi connectivity index (χ0) is 17.1. The van der Waals surface area contributed by atoms with Crippen molar-refractivity contribution in [1.82, 2.24) is 19.5 Å². The topological polar surface area (TPSA) is 194 Å². The Kier molecular flexibility index (Phi) is 5.73. The van der Waals surface area contributed by atoms with E-state index in [1.165, 1.54) is 17.2 Å². The first-order valence-electron chi connectivity index (χ1n) is 6.26. The van der Waals surface area contributed by atoms with Gasteiger partial charge in [0, 0.05) is 0 Å². The SMILES string of the molecule is O=c1[nH]cnc2c1ncn2[C@@H]1O[C@H](CO)[C@@H](O)[C@H]1O.OP(O)O. The van der Waals surface area contributed by atoms with Crippen molar-refractivity contribution >= 4 is 19.8 Å². The molecule has 2 aromatic heterocycles. The van der Waals surface area contributed by atoms with Gasteiger partial charge in [0.15, 0.2) is 17.4 Å². The van der Waals surface area contributed by atoms with E-state index in [4.69, 9.17) is 24.5 Å². The molecule has 7 N–H and O–H groups in total. The molecular weight excluding hydrogens is 335 g/mol. The Labute approximate surface area is 129 Å². The van der Waals surface area contributed by atoms with E-state index in [9.17, 15) is 15.0 Å². The minimum absolute atomic E-state index is 0.111. The number of H-pyrrole nitrogens is 1. The normalized spacial score (nSPS) is 27.3. The van der Waals surface area contributed by atoms with Gasteiger partial charge in [-0.1, -0.05) is 0 Å². The number of fused-ring (bicyclic) bond motifs is 1. The van der Waals surface area contributed by atoms with Gasteiger partial charge in [0.25, 0.3) is 5.56 Å². The summed E-state index contributed by atoms with van der Waals surface area (Å²) >= 11 is 0. The molecule has 1 aliphatic heterocycles. The minimum atomic E-state index is -2.62. The first-order chi connectivity index (χ1) is 10.9. The molecule has 1 saturated heterocycles. The van der Waals surface area contributed by atoms with Gasteiger partial charge in [0.05, 0.1) is 19.3 Å². The van der Waals surface area contributed by atoms with Gasteiger partial charge < -0.3 is 39.7 Å². The number of aromatic nitrogens is 4. The van der Waals surface area contributed by atoms with Gasteiger partial charge in [-0.2, -0.15) is 0 Å². The zero-order valence-electron chi connectivity index (χ0n) is 11.5. The first kappa shape index (κ1) is 17.8. The van der Waals surface area contributed by atoms with Crippen molar-refractivity contribution in [3.63, 3.8) is 0 Å². The van der Waals surface area contributed by atoms with Crippen LogP contribution in [0.2, 0.25) is 0 Å². The van der Waals surface area contributed by atoms with Crippen LogP contribution in [0.5, 0.6) is 0 Å². The van der Waals surface area contributed by atoms with Crippen molar-refractivity contribution in [2.24, 2.45) is 0 Å². The molecular formula is C10H15N4O8P. The van der Waals surface area contributed by atoms with Gasteiger partial charge in [-0.05, 0) is 0 Å². The number of imidazole rings is 1. The molecule has 23 heavy (non-hydrogen) atoms. The Hall–Kier alpha value is -1.50. The highest BCUT2D eigenvalue weighted by molar-refractivity contribution is 7.38. The quantitative estimate of drug-likeness (QED) is 0.273. The van der Waals surface area contributed by atoms with Crippen molar-refractivity contribution in [2.45, 2.75) is 24.5 Å². The van der Waals surface area contributed by atoms with Crippen LogP contribution in [-0.2, 0) is 4.74 Å². The molecule has 4 atom stereocenters. The number of aliphatic hydroxyl groups is 3. The van der Waals surface area contributed by atoms with Crippen LogP contribution in [0.1, 0.15) is 6.23 Å². The molecule has 0 radical (unpaired) electrons. The van der Waals surface area contributed by atoms with E-state index in [-0.39, 0.29) is 11.2 Å². The van der Waals surface area contributed by atoms with Crippen molar-refractivity contribution in [1.29, 1.82) is 0 Å². The van der Waals surface area contributed by atoms with E-state index >= 15 is 0 Å². The molecule has 0 amide bonds. The van der Waals surface area contributed by atoms with Crippen molar-refractivity contribution in [2.75, 3.05) is 6.61 Å². The van der Waals surface area contributed by atoms with E-state index in [1.54, 1.807) is 0 Å². The summed E-state index contributed by atoms with van der Waals surface area (Å²) in [6.07, 6.45) is -1.78. The van der Waals surface area contributed by atoms with Crippen LogP contribution in [0.15, 0.2) is 17.4 Å². The van der Waals surface area contributed by atoms with Gasteiger partial charge in [-0.25, -0.2) is 9.97 Å². The second kappa shape index (κ2) is 7.38. The van der Waals surface area contributed by atoms with Crippen molar-refractivity contribution < 1.29 is 34.7 Å². The van der Waals surface area contributed by atoms with Gasteiger partial charge in [-0.15, -0.1) is 0 Å². The largest absolute Gasteiger partial charge is 0.394 e. The number of aliphatic hydroxyl groups excluding tert-OH is 3. The molecule has 0 aromatic carbocycles. The van der Waals surface area contributed by atoms with E-state index in [2.05, 4.69) is 15.0 Å². The fourth-order valence-electron chi connectivity index (χ4n) is 2.16. The Morgan fingerprint density at radius 2 is 1.91 bits per heavy atom. The highest BCUT2D eigenvalue weighted by Gasteiger charge is 2.43. The number of hydrogen-bond donors (Lipinski definition) is 7. The number of aromatic amines is 1. The minimum Gasteiger partial charge on any atom is -0.394 e. The molecule has 0 spiro atoms. The van der Waals surface area contributed by atoms with Crippen LogP contribution in [-0.4, -0.2) is 74.4 Å². The lowest BCUT2D eigenvalue weighted by Gasteiger charge is -2.16. The second-order valence-corrected chi connectivity index (χ2v) is 5.09. The third-order valence-electron chi connectivity index (χ3n) is 3.16. The highest BCUT2D eigenvalue weighted by Crippen LogP contribution is 2.30. The molecule has 3 rings (SSSR count). The third kappa shape index (κ3) is 3.71. The maximum Gasteiger partial charge on any atom is 0.324 e. The third-order valence-corrected chi connectivity index (χ3v) is 3.16. The molecule has 0 aliphatic carbocycles. The number of rotatable bonds is 2. The lowest BCUT2D eigenvalue weighted by Crippen LogP contribution is -2.33. The smallest absolute Gasteiger partial charge is 0.324 e. The fraction of sp³-hybridized carbons (Fsp3) is 0.500. The summed E-state index contributed by atoms with van der Waals surface area (Å²) < 4.78 is 6.70. The number of hydrogen-bond acceptors (Lipinski definition) is 10. The van der Waals surface area contributed by atoms with E-state index in [0.29, 0.717) is 0 Å². The number of ether oxygens (including phenoxy) is 1. The average Bonchev–Trinajstić information content (AvgIpc) is 3.02. The van der Waals surface area contributed by atoms with Crippen LogP contribution in [0, 0.1) is 0 Å². The fourth-order valence-corrected chi connectivity index (χ4v) is 2.16. The monoisotopic (exact) mass is 350 g/mol. The lowest BCUT2D eigenvalue weighted by molar-refractivity contribution is -0.0511. The average molecular weight is 350 g/mol. The van der Waals surface area contributed by atoms with E-state index < -0.39 is 45.3 Å². The predicted octanol–water partition coefficient (Wildman–Crippen LogP) is -3.08. The predicted molar refractivity (Wildman–Crippen MR) is 74.7 cm³/mol. The second-order valence-electron chi connectivity index (χ2n) is 4.55. The molecule has 1 aliphatic rings. The molecule has 2 aromatic rings. The molecule has 3 heterocycles. The maximum absolute atomic E-state index is 11.5. The number of nitrogens with zero attached hydrogens (tertiary/aromatic N) is 3. The molecule has 12 nitrogen and oxygen atoms in total. The molecule has 0 saturated carbocycles. The van der Waals surface area contributed by atoms with Gasteiger partial charge >= 0.3 is 8.60 Å². The Morgan fingerprint density at radius 1 is 1.26 bits per heavy atom. The summed E-state index contributed by atoms with van der Waals surface area (Å²) in [6.45, 7) is -0.421. The van der Waals surface area contributed by atoms with Gasteiger partial charge in [0.2, 0.25) is 0 Å². The Bertz CT molecular complexity index is 703. The van der Waals surface area contributed by atoms with Crippen LogP contribution in [0.3, 0.4) is 0 Å². The van der Waals surface area contributed by atoms with E-state index in [0.717, 1.165) is 0 Å². The lowest BCUT2D eigenvalue weighted by atomic mass is 10.1. The highest BCUT2D eigenvalue weighted by atomic mass is 31.2. The molecule has 13 heteroatoms. The molecule has 0 unspecified atom stereocenters. The van der Waals surface area contributed by atoms with Crippen LogP contribution < -0.4 is 5.56 Å². The maximum atomic E-state index is 11.5. The van der Waals surface area contributed by atoms with Gasteiger partial charge in [-0.3, -0.25) is 9.36 Å². The van der Waals surface area contributed by atoms with Crippen LogP contribution >= 0.6 is 8.60 Å². The number of nitrogens with one attached hydrogen (secondary N) is 1. The standard InChI is InChI=1S/C10H12N4O5.H3O3P/c15-1-4-6(16)7(17)10(19-4)14-3-13-5-8(14)11-2-12-9(5)18;1-4(2)3/h2-4,6-7,10,15-17H,1H2,(H,11,12,18);1-3H/t4-,6-,7-,10-;/m1./s1.